The van der Waals surface area contributed by atoms with Crippen LogP contribution in [0.1, 0.15) is 56.6 Å². The van der Waals surface area contributed by atoms with E-state index >= 15 is 0 Å². The number of hydrogen-bond acceptors (Lipinski definition) is 0. The van der Waals surface area contributed by atoms with Gasteiger partial charge in [-0.2, -0.15) is 0 Å². The minimum atomic E-state index is 0.868. The molecule has 0 radical (unpaired) electrons. The lowest BCUT2D eigenvalue weighted by Crippen LogP contribution is -2.05. The molecule has 0 amide bonds. The third kappa shape index (κ3) is 6.47. The second-order valence-electron chi connectivity index (χ2n) is 6.41. The average Bonchev–Trinajstić information content (AvgIpc) is 2.59. The fraction of sp³-hybridized carbons (Fsp3) is 0.455. The Morgan fingerprint density at radius 1 is 0.636 bits per heavy atom. The largest absolute Gasteiger partial charge is 0.0654 e. The highest BCUT2D eigenvalue weighted by Gasteiger charge is 2.09. The summed E-state index contributed by atoms with van der Waals surface area (Å²) in [7, 11) is 0. The second-order valence-corrected chi connectivity index (χ2v) is 6.41. The van der Waals surface area contributed by atoms with E-state index in [0.29, 0.717) is 0 Å². The molecule has 0 spiro atoms. The van der Waals surface area contributed by atoms with Crippen LogP contribution >= 0.6 is 0 Å². The van der Waals surface area contributed by atoms with Gasteiger partial charge in [-0.3, -0.25) is 0 Å². The highest BCUT2D eigenvalue weighted by Crippen LogP contribution is 2.22. The van der Waals surface area contributed by atoms with Gasteiger partial charge in [0.15, 0.2) is 0 Å². The Hall–Kier alpha value is -1.56. The first kappa shape index (κ1) is 16.8. The van der Waals surface area contributed by atoms with Crippen molar-refractivity contribution in [3.05, 3.63) is 71.8 Å². The lowest BCUT2D eigenvalue weighted by atomic mass is 9.89. The van der Waals surface area contributed by atoms with Crippen molar-refractivity contribution >= 4 is 0 Å². The van der Waals surface area contributed by atoms with Gasteiger partial charge in [0.05, 0.1) is 0 Å². The van der Waals surface area contributed by atoms with Crippen LogP contribution in [-0.4, -0.2) is 0 Å². The topological polar surface area (TPSA) is 0 Å². The van der Waals surface area contributed by atoms with E-state index in [1.54, 1.807) is 0 Å². The van der Waals surface area contributed by atoms with E-state index in [0.717, 1.165) is 5.92 Å². The first-order valence-corrected chi connectivity index (χ1v) is 8.96. The van der Waals surface area contributed by atoms with Crippen molar-refractivity contribution < 1.29 is 0 Å². The summed E-state index contributed by atoms with van der Waals surface area (Å²) in [5, 5.41) is 0. The molecule has 0 saturated carbocycles. The Morgan fingerprint density at radius 3 is 1.59 bits per heavy atom. The highest BCUT2D eigenvalue weighted by atomic mass is 14.1. The van der Waals surface area contributed by atoms with Crippen LogP contribution in [0.5, 0.6) is 0 Å². The smallest absolute Gasteiger partial charge is 0.0276 e. The zero-order chi connectivity index (χ0) is 15.5. The molecule has 0 atom stereocenters. The second kappa shape index (κ2) is 10.2. The van der Waals surface area contributed by atoms with Crippen LogP contribution in [0.15, 0.2) is 60.7 Å². The summed E-state index contributed by atoms with van der Waals surface area (Å²) in [6.07, 6.45) is 10.6. The van der Waals surface area contributed by atoms with E-state index in [-0.39, 0.29) is 0 Å². The van der Waals surface area contributed by atoms with Gasteiger partial charge in [0.1, 0.15) is 0 Å². The Bertz CT molecular complexity index is 442. The molecular formula is C22H30. The van der Waals surface area contributed by atoms with Crippen LogP contribution in [0.4, 0.5) is 0 Å². The first-order valence-electron chi connectivity index (χ1n) is 8.96. The van der Waals surface area contributed by atoms with Crippen molar-refractivity contribution in [2.45, 2.75) is 58.3 Å². The summed E-state index contributed by atoms with van der Waals surface area (Å²) in [6, 6.07) is 21.9. The molecule has 0 bridgehead atoms. The van der Waals surface area contributed by atoms with Gasteiger partial charge in [0, 0.05) is 0 Å². The molecule has 0 fully saturated rings. The van der Waals surface area contributed by atoms with Gasteiger partial charge >= 0.3 is 0 Å². The summed E-state index contributed by atoms with van der Waals surface area (Å²) in [5.41, 5.74) is 2.98. The van der Waals surface area contributed by atoms with Gasteiger partial charge in [0.2, 0.25) is 0 Å². The minimum Gasteiger partial charge on any atom is -0.0654 e. The van der Waals surface area contributed by atoms with E-state index in [9.17, 15) is 0 Å². The van der Waals surface area contributed by atoms with Crippen LogP contribution < -0.4 is 0 Å². The number of benzene rings is 2. The summed E-state index contributed by atoms with van der Waals surface area (Å²) < 4.78 is 0. The van der Waals surface area contributed by atoms with E-state index in [1.807, 2.05) is 0 Å². The third-order valence-corrected chi connectivity index (χ3v) is 4.58. The van der Waals surface area contributed by atoms with Gasteiger partial charge in [0.25, 0.3) is 0 Å². The van der Waals surface area contributed by atoms with Crippen molar-refractivity contribution in [1.29, 1.82) is 0 Å². The maximum absolute atomic E-state index is 2.29. The summed E-state index contributed by atoms with van der Waals surface area (Å²) in [6.45, 7) is 2.29. The fourth-order valence-corrected chi connectivity index (χ4v) is 3.15. The Balaban J connectivity index is 1.82. The number of unbranched alkanes of at least 4 members (excludes halogenated alkanes) is 2. The predicted molar refractivity (Wildman–Crippen MR) is 97.2 cm³/mol. The molecule has 0 aliphatic heterocycles. The van der Waals surface area contributed by atoms with E-state index in [4.69, 9.17) is 0 Å². The summed E-state index contributed by atoms with van der Waals surface area (Å²) in [5.74, 6) is 0.868. The first-order chi connectivity index (χ1) is 10.9. The normalized spacial score (nSPS) is 11.0. The van der Waals surface area contributed by atoms with Crippen LogP contribution in [-0.2, 0) is 12.8 Å². The van der Waals surface area contributed by atoms with Crippen LogP contribution in [0.3, 0.4) is 0 Å². The van der Waals surface area contributed by atoms with Gasteiger partial charge in [-0.15, -0.1) is 0 Å². The molecule has 0 heterocycles. The third-order valence-electron chi connectivity index (χ3n) is 4.58. The molecule has 0 nitrogen and oxygen atoms in total. The standard InChI is InChI=1S/C22H30/c1-2-3-6-11-22(18-16-20-12-7-4-8-13-20)19-17-21-14-9-5-10-15-21/h4-5,7-10,12-15,22H,2-3,6,11,16-19H2,1H3. The lowest BCUT2D eigenvalue weighted by Gasteiger charge is -2.17. The minimum absolute atomic E-state index is 0.868. The van der Waals surface area contributed by atoms with Crippen LogP contribution in [0.2, 0.25) is 0 Å². The summed E-state index contributed by atoms with van der Waals surface area (Å²) >= 11 is 0. The monoisotopic (exact) mass is 294 g/mol. The van der Waals surface area contributed by atoms with Crippen molar-refractivity contribution in [2.24, 2.45) is 5.92 Å². The highest BCUT2D eigenvalue weighted by molar-refractivity contribution is 5.15. The zero-order valence-corrected chi connectivity index (χ0v) is 14.0. The van der Waals surface area contributed by atoms with Crippen molar-refractivity contribution in [3.8, 4) is 0 Å². The van der Waals surface area contributed by atoms with Gasteiger partial charge in [-0.25, -0.2) is 0 Å². The molecule has 22 heavy (non-hydrogen) atoms. The molecule has 0 heteroatoms. The average molecular weight is 294 g/mol. The Kier molecular flexibility index (Phi) is 7.80. The number of hydrogen-bond donors (Lipinski definition) is 0. The molecule has 2 aromatic rings. The molecule has 0 aliphatic carbocycles. The number of rotatable bonds is 10. The molecule has 0 saturated heterocycles. The number of aryl methyl sites for hydroxylation is 2. The van der Waals surface area contributed by atoms with E-state index < -0.39 is 0 Å². The predicted octanol–water partition coefficient (Wildman–Crippen LogP) is 6.45. The molecule has 2 rings (SSSR count). The molecule has 0 aromatic heterocycles. The summed E-state index contributed by atoms with van der Waals surface area (Å²) in [4.78, 5) is 0. The molecule has 0 N–H and O–H groups in total. The van der Waals surface area contributed by atoms with Crippen LogP contribution in [0, 0.1) is 5.92 Å². The van der Waals surface area contributed by atoms with Gasteiger partial charge < -0.3 is 0 Å². The van der Waals surface area contributed by atoms with Crippen molar-refractivity contribution in [1.82, 2.24) is 0 Å². The maximum Gasteiger partial charge on any atom is -0.0276 e. The molecule has 2 aromatic carbocycles. The Morgan fingerprint density at radius 2 is 1.14 bits per heavy atom. The maximum atomic E-state index is 2.29. The van der Waals surface area contributed by atoms with E-state index in [1.165, 1.54) is 62.5 Å². The molecular weight excluding hydrogens is 264 g/mol. The van der Waals surface area contributed by atoms with Crippen LogP contribution in [0.25, 0.3) is 0 Å². The molecule has 0 unspecified atom stereocenters. The Labute approximate surface area is 136 Å². The SMILES string of the molecule is CCCCCC(CCc1ccccc1)CCc1ccccc1. The molecule has 118 valence electrons. The van der Waals surface area contributed by atoms with Gasteiger partial charge in [-0.05, 0) is 42.7 Å². The zero-order valence-electron chi connectivity index (χ0n) is 14.0. The van der Waals surface area contributed by atoms with Crippen molar-refractivity contribution in [3.63, 3.8) is 0 Å². The van der Waals surface area contributed by atoms with Gasteiger partial charge in [-0.1, -0.05) is 93.3 Å². The lowest BCUT2D eigenvalue weighted by molar-refractivity contribution is 0.402. The van der Waals surface area contributed by atoms with Crippen molar-refractivity contribution in [2.75, 3.05) is 0 Å². The van der Waals surface area contributed by atoms with E-state index in [2.05, 4.69) is 67.6 Å². The quantitative estimate of drug-likeness (QED) is 0.442. The fourth-order valence-electron chi connectivity index (χ4n) is 3.15. The molecule has 0 aliphatic rings.